The second kappa shape index (κ2) is 9.94. The van der Waals surface area contributed by atoms with Crippen LogP contribution in [-0.2, 0) is 11.2 Å². The lowest BCUT2D eigenvalue weighted by Gasteiger charge is -2.26. The van der Waals surface area contributed by atoms with Crippen LogP contribution in [0.15, 0.2) is 23.0 Å². The number of hydrogen-bond acceptors (Lipinski definition) is 6. The smallest absolute Gasteiger partial charge is 0.273 e. The number of benzene rings is 1. The Bertz CT molecular complexity index is 964. The van der Waals surface area contributed by atoms with Crippen LogP contribution in [0.3, 0.4) is 0 Å². The van der Waals surface area contributed by atoms with Crippen molar-refractivity contribution in [2.75, 3.05) is 26.8 Å². The predicted octanol–water partition coefficient (Wildman–Crippen LogP) is 2.96. The maximum atomic E-state index is 12.5. The summed E-state index contributed by atoms with van der Waals surface area (Å²) in [5, 5.41) is 8.27. The Hall–Kier alpha value is -2.90. The molecule has 31 heavy (non-hydrogen) atoms. The first-order valence-corrected chi connectivity index (χ1v) is 11.2. The van der Waals surface area contributed by atoms with Crippen LogP contribution in [-0.4, -0.2) is 52.8 Å². The van der Waals surface area contributed by atoms with E-state index in [4.69, 9.17) is 9.47 Å². The Labute approximate surface area is 182 Å². The molecule has 166 valence electrons. The molecule has 8 heteroatoms. The van der Waals surface area contributed by atoms with E-state index in [1.54, 1.807) is 13.2 Å². The van der Waals surface area contributed by atoms with E-state index in [2.05, 4.69) is 15.2 Å². The fraction of sp³-hybridized carbons (Fsp3) is 0.565. The van der Waals surface area contributed by atoms with Crippen molar-refractivity contribution in [3.63, 3.8) is 0 Å². The number of nitrogens with one attached hydrogen (secondary N) is 1. The standard InChI is InChI=1S/C23H30N4O4/c1-30-20-14-17(8-10-19(20)31-15-16-6-5-7-16)22-24-23(29)18(25-26-22)9-11-21(28)27-12-3-2-4-13-27/h8,10,14,16H,2-7,9,11-13,15H2,1H3,(H,24,26,29). The number of ether oxygens (including phenoxy) is 2. The van der Waals surface area contributed by atoms with Crippen molar-refractivity contribution in [1.29, 1.82) is 0 Å². The number of likely N-dealkylation sites (tertiary alicyclic amines) is 1. The number of aryl methyl sites for hydroxylation is 1. The lowest BCUT2D eigenvalue weighted by molar-refractivity contribution is -0.132. The molecule has 2 fully saturated rings. The molecule has 2 aromatic rings. The monoisotopic (exact) mass is 426 g/mol. The molecule has 2 heterocycles. The molecule has 1 aliphatic carbocycles. The fourth-order valence-electron chi connectivity index (χ4n) is 3.98. The summed E-state index contributed by atoms with van der Waals surface area (Å²) in [6.07, 6.45) is 7.55. The molecule has 2 aliphatic rings. The van der Waals surface area contributed by atoms with Crippen LogP contribution in [0.2, 0.25) is 0 Å². The van der Waals surface area contributed by atoms with E-state index in [9.17, 15) is 9.59 Å². The minimum Gasteiger partial charge on any atom is -0.493 e. The van der Waals surface area contributed by atoms with Crippen LogP contribution < -0.4 is 15.0 Å². The number of H-pyrrole nitrogens is 1. The third kappa shape index (κ3) is 5.24. The molecule has 1 aromatic carbocycles. The molecular formula is C23H30N4O4. The Kier molecular flexibility index (Phi) is 6.84. The molecule has 1 saturated heterocycles. The van der Waals surface area contributed by atoms with Gasteiger partial charge in [-0.3, -0.25) is 9.59 Å². The number of aromatic amines is 1. The Balaban J connectivity index is 1.40. The maximum absolute atomic E-state index is 12.5. The SMILES string of the molecule is COc1cc(-c2nnc(CCC(=O)N3CCCCC3)c(=O)[nH]2)ccc1OCC1CCC1. The van der Waals surface area contributed by atoms with Gasteiger partial charge >= 0.3 is 0 Å². The van der Waals surface area contributed by atoms with Crippen molar-refractivity contribution >= 4 is 5.91 Å². The molecule has 0 atom stereocenters. The summed E-state index contributed by atoms with van der Waals surface area (Å²) in [5.74, 6) is 2.34. The molecule has 0 bridgehead atoms. The van der Waals surface area contributed by atoms with E-state index in [1.807, 2.05) is 17.0 Å². The molecule has 4 rings (SSSR count). The van der Waals surface area contributed by atoms with Gasteiger partial charge in [0.25, 0.3) is 5.56 Å². The van der Waals surface area contributed by atoms with Gasteiger partial charge < -0.3 is 19.4 Å². The van der Waals surface area contributed by atoms with E-state index in [0.717, 1.165) is 25.9 Å². The topological polar surface area (TPSA) is 97.4 Å². The van der Waals surface area contributed by atoms with Gasteiger partial charge in [-0.1, -0.05) is 6.42 Å². The van der Waals surface area contributed by atoms with Crippen molar-refractivity contribution in [2.45, 2.75) is 51.4 Å². The first-order chi connectivity index (χ1) is 15.1. The minimum absolute atomic E-state index is 0.0761. The molecular weight excluding hydrogens is 396 g/mol. The number of piperidine rings is 1. The molecule has 1 N–H and O–H groups in total. The molecule has 0 spiro atoms. The van der Waals surface area contributed by atoms with Gasteiger partial charge in [-0.15, -0.1) is 10.2 Å². The quantitative estimate of drug-likeness (QED) is 0.697. The highest BCUT2D eigenvalue weighted by molar-refractivity contribution is 5.76. The Morgan fingerprint density at radius 1 is 1.13 bits per heavy atom. The Morgan fingerprint density at radius 3 is 2.61 bits per heavy atom. The predicted molar refractivity (Wildman–Crippen MR) is 116 cm³/mol. The zero-order valence-corrected chi connectivity index (χ0v) is 18.1. The molecule has 0 unspecified atom stereocenters. The number of aromatic nitrogens is 3. The van der Waals surface area contributed by atoms with Crippen LogP contribution in [0.4, 0.5) is 0 Å². The van der Waals surface area contributed by atoms with Crippen LogP contribution in [0.25, 0.3) is 11.4 Å². The summed E-state index contributed by atoms with van der Waals surface area (Å²) in [7, 11) is 1.59. The highest BCUT2D eigenvalue weighted by atomic mass is 16.5. The summed E-state index contributed by atoms with van der Waals surface area (Å²) in [6.45, 7) is 2.31. The summed E-state index contributed by atoms with van der Waals surface area (Å²) in [5.41, 5.74) is 0.649. The van der Waals surface area contributed by atoms with Crippen LogP contribution >= 0.6 is 0 Å². The number of nitrogens with zero attached hydrogens (tertiary/aromatic N) is 3. The molecule has 8 nitrogen and oxygen atoms in total. The van der Waals surface area contributed by atoms with Crippen molar-refractivity contribution in [2.24, 2.45) is 5.92 Å². The molecule has 1 amide bonds. The van der Waals surface area contributed by atoms with E-state index < -0.39 is 0 Å². The maximum Gasteiger partial charge on any atom is 0.273 e. The van der Waals surface area contributed by atoms with Gasteiger partial charge in [-0.2, -0.15) is 0 Å². The number of carbonyl (C=O) groups is 1. The van der Waals surface area contributed by atoms with Gasteiger partial charge in [-0.05, 0) is 56.2 Å². The highest BCUT2D eigenvalue weighted by Gasteiger charge is 2.20. The first kappa shape index (κ1) is 21.3. The summed E-state index contributed by atoms with van der Waals surface area (Å²) in [4.78, 5) is 29.5. The van der Waals surface area contributed by atoms with Crippen molar-refractivity contribution in [1.82, 2.24) is 20.1 Å². The zero-order valence-electron chi connectivity index (χ0n) is 18.1. The number of amides is 1. The summed E-state index contributed by atoms with van der Waals surface area (Å²) in [6, 6.07) is 5.45. The Morgan fingerprint density at radius 2 is 1.94 bits per heavy atom. The molecule has 1 aliphatic heterocycles. The highest BCUT2D eigenvalue weighted by Crippen LogP contribution is 2.33. The van der Waals surface area contributed by atoms with Crippen molar-refractivity contribution < 1.29 is 14.3 Å². The van der Waals surface area contributed by atoms with Gasteiger partial charge in [0.2, 0.25) is 5.91 Å². The molecule has 1 aromatic heterocycles. The third-order valence-corrected chi connectivity index (χ3v) is 6.19. The number of carbonyl (C=O) groups excluding carboxylic acids is 1. The molecule has 0 radical (unpaired) electrons. The van der Waals surface area contributed by atoms with Gasteiger partial charge in [0.15, 0.2) is 17.3 Å². The second-order valence-corrected chi connectivity index (χ2v) is 8.36. The lowest BCUT2D eigenvalue weighted by atomic mass is 9.86. The van der Waals surface area contributed by atoms with Crippen LogP contribution in [0, 0.1) is 5.92 Å². The largest absolute Gasteiger partial charge is 0.493 e. The summed E-state index contributed by atoms with van der Waals surface area (Å²) < 4.78 is 11.4. The van der Waals surface area contributed by atoms with Crippen molar-refractivity contribution in [3.05, 3.63) is 34.2 Å². The van der Waals surface area contributed by atoms with Crippen LogP contribution in [0.5, 0.6) is 11.5 Å². The van der Waals surface area contributed by atoms with E-state index in [1.165, 1.54) is 25.7 Å². The van der Waals surface area contributed by atoms with Gasteiger partial charge in [0.1, 0.15) is 5.69 Å². The fourth-order valence-corrected chi connectivity index (χ4v) is 3.98. The van der Waals surface area contributed by atoms with E-state index in [0.29, 0.717) is 35.4 Å². The third-order valence-electron chi connectivity index (χ3n) is 6.19. The van der Waals surface area contributed by atoms with Crippen LogP contribution in [0.1, 0.15) is 50.6 Å². The van der Waals surface area contributed by atoms with Crippen molar-refractivity contribution in [3.8, 4) is 22.9 Å². The normalized spacial score (nSPS) is 16.6. The number of methoxy groups -OCH3 is 1. The van der Waals surface area contributed by atoms with E-state index >= 15 is 0 Å². The minimum atomic E-state index is -0.319. The zero-order chi connectivity index (χ0) is 21.6. The second-order valence-electron chi connectivity index (χ2n) is 8.36. The summed E-state index contributed by atoms with van der Waals surface area (Å²) >= 11 is 0. The van der Waals surface area contributed by atoms with Gasteiger partial charge in [0, 0.05) is 31.5 Å². The molecule has 1 saturated carbocycles. The van der Waals surface area contributed by atoms with Gasteiger partial charge in [0.05, 0.1) is 13.7 Å². The lowest BCUT2D eigenvalue weighted by Crippen LogP contribution is -2.36. The van der Waals surface area contributed by atoms with E-state index in [-0.39, 0.29) is 30.0 Å². The first-order valence-electron chi connectivity index (χ1n) is 11.2. The number of rotatable bonds is 8. The average Bonchev–Trinajstić information content (AvgIpc) is 2.77. The number of hydrogen-bond donors (Lipinski definition) is 1. The van der Waals surface area contributed by atoms with Gasteiger partial charge in [-0.25, -0.2) is 0 Å². The average molecular weight is 427 g/mol.